The van der Waals surface area contributed by atoms with Crippen molar-refractivity contribution in [3.05, 3.63) is 42.0 Å². The van der Waals surface area contributed by atoms with E-state index in [4.69, 9.17) is 14.6 Å². The highest BCUT2D eigenvalue weighted by atomic mass is 16.6. The maximum atomic E-state index is 12.1. The summed E-state index contributed by atoms with van der Waals surface area (Å²) in [5.74, 6) is -1.86. The van der Waals surface area contributed by atoms with Gasteiger partial charge in [-0.3, -0.25) is 4.79 Å². The molecule has 0 aliphatic heterocycles. The Labute approximate surface area is 171 Å². The first kappa shape index (κ1) is 24.4. The van der Waals surface area contributed by atoms with Gasteiger partial charge in [0.1, 0.15) is 24.1 Å². The molecular formula is C22H30O7. The average molecular weight is 406 g/mol. The van der Waals surface area contributed by atoms with Crippen LogP contribution >= 0.6 is 0 Å². The predicted octanol–water partition coefficient (Wildman–Crippen LogP) is 3.54. The van der Waals surface area contributed by atoms with Crippen LogP contribution in [-0.4, -0.2) is 46.2 Å². The third kappa shape index (κ3) is 9.89. The first-order valence-electron chi connectivity index (χ1n) is 9.75. The van der Waals surface area contributed by atoms with Crippen molar-refractivity contribution in [2.45, 2.75) is 64.6 Å². The van der Waals surface area contributed by atoms with Crippen molar-refractivity contribution in [1.29, 1.82) is 0 Å². The van der Waals surface area contributed by atoms with E-state index in [1.807, 2.05) is 0 Å². The Morgan fingerprint density at radius 3 is 2.28 bits per heavy atom. The number of esters is 1. The van der Waals surface area contributed by atoms with Gasteiger partial charge in [0.2, 0.25) is 0 Å². The molecule has 0 bridgehead atoms. The molecule has 0 heterocycles. The van der Waals surface area contributed by atoms with Crippen LogP contribution in [0.2, 0.25) is 0 Å². The van der Waals surface area contributed by atoms with Gasteiger partial charge >= 0.3 is 11.9 Å². The van der Waals surface area contributed by atoms with E-state index in [0.717, 1.165) is 37.8 Å². The number of unbranched alkanes of at least 4 members (excludes halogenated alkanes) is 3. The first-order valence-corrected chi connectivity index (χ1v) is 9.75. The minimum absolute atomic E-state index is 0.0146. The molecule has 0 fully saturated rings. The maximum absolute atomic E-state index is 12.1. The molecule has 29 heavy (non-hydrogen) atoms. The second kappa shape index (κ2) is 12.0. The van der Waals surface area contributed by atoms with Gasteiger partial charge < -0.3 is 19.7 Å². The normalized spacial score (nSPS) is 12.6. The quantitative estimate of drug-likeness (QED) is 0.223. The second-order valence-electron chi connectivity index (χ2n) is 7.30. The summed E-state index contributed by atoms with van der Waals surface area (Å²) in [4.78, 5) is 34.2. The summed E-state index contributed by atoms with van der Waals surface area (Å²) in [5, 5.41) is 18.4. The van der Waals surface area contributed by atoms with Crippen molar-refractivity contribution in [2.24, 2.45) is 0 Å². The van der Waals surface area contributed by atoms with Crippen LogP contribution in [0.3, 0.4) is 0 Å². The molecule has 0 saturated heterocycles. The molecule has 1 aromatic carbocycles. The smallest absolute Gasteiger partial charge is 0.331 e. The number of ether oxygens (including phenoxy) is 2. The Balaban J connectivity index is 2.73. The minimum Gasteiger partial charge on any atom is -0.487 e. The molecule has 0 radical (unpaired) electrons. The lowest BCUT2D eigenvalue weighted by Crippen LogP contribution is -2.31. The number of aliphatic carboxylic acids is 1. The molecule has 1 aromatic rings. The number of benzene rings is 1. The minimum atomic E-state index is -1.46. The summed E-state index contributed by atoms with van der Waals surface area (Å²) in [7, 11) is 0. The van der Waals surface area contributed by atoms with Crippen LogP contribution in [0.1, 0.15) is 63.2 Å². The van der Waals surface area contributed by atoms with Crippen molar-refractivity contribution in [2.75, 3.05) is 6.61 Å². The summed E-state index contributed by atoms with van der Waals surface area (Å²) in [5.41, 5.74) is -1.09. The van der Waals surface area contributed by atoms with E-state index in [-0.39, 0.29) is 12.4 Å². The van der Waals surface area contributed by atoms with Crippen molar-refractivity contribution in [3.63, 3.8) is 0 Å². The van der Waals surface area contributed by atoms with Gasteiger partial charge in [-0.15, -0.1) is 0 Å². The molecule has 7 heteroatoms. The predicted molar refractivity (Wildman–Crippen MR) is 108 cm³/mol. The highest BCUT2D eigenvalue weighted by molar-refractivity contribution is 6.01. The number of rotatable bonds is 13. The number of carboxylic acids is 1. The molecular weight excluding hydrogens is 376 g/mol. The van der Waals surface area contributed by atoms with Crippen molar-refractivity contribution < 1.29 is 34.1 Å². The van der Waals surface area contributed by atoms with E-state index < -0.39 is 23.6 Å². The number of hydrogen-bond donors (Lipinski definition) is 2. The van der Waals surface area contributed by atoms with Crippen molar-refractivity contribution in [3.8, 4) is 5.75 Å². The molecule has 1 atom stereocenters. The zero-order chi connectivity index (χ0) is 21.9. The fourth-order valence-corrected chi connectivity index (χ4v) is 2.57. The third-order valence-corrected chi connectivity index (χ3v) is 4.13. The molecule has 0 amide bonds. The van der Waals surface area contributed by atoms with Gasteiger partial charge in [-0.05, 0) is 51.0 Å². The first-order chi connectivity index (χ1) is 13.6. The second-order valence-corrected chi connectivity index (χ2v) is 7.30. The molecule has 1 rings (SSSR count). The molecule has 0 aliphatic carbocycles. The number of carbonyl (C=O) groups excluding carboxylic acids is 2. The molecule has 0 spiro atoms. The monoisotopic (exact) mass is 406 g/mol. The number of aliphatic hydroxyl groups is 1. The van der Waals surface area contributed by atoms with E-state index in [1.165, 1.54) is 13.8 Å². The van der Waals surface area contributed by atoms with Crippen LogP contribution in [-0.2, 0) is 14.3 Å². The van der Waals surface area contributed by atoms with Gasteiger partial charge in [0.25, 0.3) is 0 Å². The van der Waals surface area contributed by atoms with Crippen LogP contribution in [0.25, 0.3) is 0 Å². The van der Waals surface area contributed by atoms with E-state index >= 15 is 0 Å². The van der Waals surface area contributed by atoms with Gasteiger partial charge in [-0.2, -0.15) is 0 Å². The van der Waals surface area contributed by atoms with Crippen LogP contribution in [0.5, 0.6) is 5.75 Å². The summed E-state index contributed by atoms with van der Waals surface area (Å²) in [6, 6.07) is 6.41. The van der Waals surface area contributed by atoms with Gasteiger partial charge in [0, 0.05) is 17.7 Å². The molecule has 0 saturated carbocycles. The Morgan fingerprint density at radius 1 is 1.07 bits per heavy atom. The summed E-state index contributed by atoms with van der Waals surface area (Å²) in [6.07, 6.45) is 5.97. The Hall–Kier alpha value is -2.67. The third-order valence-electron chi connectivity index (χ3n) is 4.13. The fourth-order valence-electron chi connectivity index (χ4n) is 2.57. The van der Waals surface area contributed by atoms with Gasteiger partial charge in [-0.1, -0.05) is 26.2 Å². The lowest BCUT2D eigenvalue weighted by atomic mass is 9.97. The summed E-state index contributed by atoms with van der Waals surface area (Å²) in [6.45, 7) is 4.96. The Bertz CT molecular complexity index is 699. The van der Waals surface area contributed by atoms with Crippen LogP contribution in [0, 0.1) is 0 Å². The molecule has 0 aromatic heterocycles. The molecule has 1 unspecified atom stereocenters. The van der Waals surface area contributed by atoms with Crippen molar-refractivity contribution in [1.82, 2.24) is 0 Å². The van der Waals surface area contributed by atoms with Gasteiger partial charge in [0.05, 0.1) is 0 Å². The largest absolute Gasteiger partial charge is 0.487 e. The average Bonchev–Trinajstić information content (AvgIpc) is 2.66. The van der Waals surface area contributed by atoms with E-state index in [0.29, 0.717) is 17.7 Å². The lowest BCUT2D eigenvalue weighted by molar-refractivity contribution is -0.141. The number of Topliss-reactive ketones (excluding diaryl/α,β-unsaturated/α-hetero) is 1. The van der Waals surface area contributed by atoms with E-state index in [9.17, 15) is 19.5 Å². The van der Waals surface area contributed by atoms with Crippen LogP contribution in [0.15, 0.2) is 36.4 Å². The topological polar surface area (TPSA) is 110 Å². The molecule has 2 N–H and O–H groups in total. The summed E-state index contributed by atoms with van der Waals surface area (Å²) >= 11 is 0. The highest BCUT2D eigenvalue weighted by Crippen LogP contribution is 2.20. The number of carbonyl (C=O) groups is 3. The number of carboxylic acid groups (broad SMARTS) is 1. The Kier molecular flexibility index (Phi) is 10.1. The van der Waals surface area contributed by atoms with Gasteiger partial charge in [-0.25, -0.2) is 9.59 Å². The number of hydrogen-bond acceptors (Lipinski definition) is 6. The molecule has 7 nitrogen and oxygen atoms in total. The molecule has 160 valence electrons. The maximum Gasteiger partial charge on any atom is 0.331 e. The Morgan fingerprint density at radius 2 is 1.72 bits per heavy atom. The zero-order valence-electron chi connectivity index (χ0n) is 17.2. The standard InChI is InChI=1S/C22H30O7/c1-4-5-6-7-8-18(15-28-20(25)14-13-19(23)24)29-17-11-9-16(10-12-17)21(26)22(2,3)27/h9-14,18,27H,4-8,15H2,1-3H3,(H,23,24)/b14-13+. The SMILES string of the molecule is CCCCCCC(COC(=O)/C=C/C(=O)O)Oc1ccc(C(=O)C(C)(C)O)cc1. The lowest BCUT2D eigenvalue weighted by Gasteiger charge is -2.20. The van der Waals surface area contributed by atoms with E-state index in [1.54, 1.807) is 24.3 Å². The van der Waals surface area contributed by atoms with Crippen molar-refractivity contribution >= 4 is 17.7 Å². The molecule has 0 aliphatic rings. The fraction of sp³-hybridized carbons (Fsp3) is 0.500. The van der Waals surface area contributed by atoms with E-state index in [2.05, 4.69) is 6.92 Å². The van der Waals surface area contributed by atoms with Crippen LogP contribution < -0.4 is 4.74 Å². The van der Waals surface area contributed by atoms with Crippen LogP contribution in [0.4, 0.5) is 0 Å². The number of ketones is 1. The highest BCUT2D eigenvalue weighted by Gasteiger charge is 2.25. The van der Waals surface area contributed by atoms with Gasteiger partial charge in [0.15, 0.2) is 5.78 Å². The zero-order valence-corrected chi connectivity index (χ0v) is 17.2. The summed E-state index contributed by atoms with van der Waals surface area (Å²) < 4.78 is 11.0.